The van der Waals surface area contributed by atoms with E-state index in [0.29, 0.717) is 42.0 Å². The van der Waals surface area contributed by atoms with Crippen LogP contribution in [0, 0.1) is 18.8 Å². The molecule has 1 saturated heterocycles. The van der Waals surface area contributed by atoms with Crippen LogP contribution < -0.4 is 10.6 Å². The highest BCUT2D eigenvalue weighted by Gasteiger charge is 2.41. The van der Waals surface area contributed by atoms with Crippen molar-refractivity contribution in [2.75, 3.05) is 0 Å². The van der Waals surface area contributed by atoms with Crippen LogP contribution in [0.2, 0.25) is 0 Å². The molecule has 1 aromatic rings. The molecule has 0 spiro atoms. The van der Waals surface area contributed by atoms with Crippen molar-refractivity contribution in [2.45, 2.75) is 64.0 Å². The zero-order valence-corrected chi connectivity index (χ0v) is 13.4. The zero-order valence-electron chi connectivity index (χ0n) is 13.4. The number of hydrogen-bond acceptors (Lipinski definition) is 4. The molecule has 0 bridgehead atoms. The molecule has 2 saturated carbocycles. The molecule has 4 rings (SSSR count). The maximum absolute atomic E-state index is 12.6. The average molecular weight is 317 g/mol. The zero-order chi connectivity index (χ0) is 16.0. The number of hydrogen-bond donors (Lipinski definition) is 2. The normalized spacial score (nSPS) is 27.6. The largest absolute Gasteiger partial charge is 0.435 e. The predicted molar refractivity (Wildman–Crippen MR) is 82.8 cm³/mol. The van der Waals surface area contributed by atoms with Crippen LogP contribution in [0.1, 0.15) is 60.7 Å². The van der Waals surface area contributed by atoms with E-state index in [-0.39, 0.29) is 23.9 Å². The minimum atomic E-state index is -0.205. The van der Waals surface area contributed by atoms with Crippen molar-refractivity contribution >= 4 is 11.8 Å². The number of carbonyl (C=O) groups is 2. The first-order valence-electron chi connectivity index (χ1n) is 8.66. The van der Waals surface area contributed by atoms with E-state index in [9.17, 15) is 9.59 Å². The van der Waals surface area contributed by atoms with Crippen LogP contribution in [0.25, 0.3) is 0 Å². The van der Waals surface area contributed by atoms with Crippen molar-refractivity contribution in [1.82, 2.24) is 15.6 Å². The van der Waals surface area contributed by atoms with Gasteiger partial charge in [0.1, 0.15) is 0 Å². The second-order valence-electron chi connectivity index (χ2n) is 7.22. The smallest absolute Gasteiger partial charge is 0.289 e. The molecule has 2 atom stereocenters. The molecule has 2 amide bonds. The van der Waals surface area contributed by atoms with Gasteiger partial charge in [0.15, 0.2) is 5.89 Å². The minimum Gasteiger partial charge on any atom is -0.435 e. The summed E-state index contributed by atoms with van der Waals surface area (Å²) in [6.45, 7) is 1.82. The van der Waals surface area contributed by atoms with Gasteiger partial charge in [0.25, 0.3) is 5.91 Å². The summed E-state index contributed by atoms with van der Waals surface area (Å²) in [5.74, 6) is 2.07. The van der Waals surface area contributed by atoms with Crippen molar-refractivity contribution in [3.63, 3.8) is 0 Å². The van der Waals surface area contributed by atoms with Crippen molar-refractivity contribution in [3.05, 3.63) is 17.3 Å². The summed E-state index contributed by atoms with van der Waals surface area (Å²) in [4.78, 5) is 28.6. The van der Waals surface area contributed by atoms with Gasteiger partial charge in [-0.15, -0.1) is 0 Å². The highest BCUT2D eigenvalue weighted by atomic mass is 16.4. The molecule has 2 N–H and O–H groups in total. The third-order valence-corrected chi connectivity index (χ3v) is 5.10. The Morgan fingerprint density at radius 1 is 1.30 bits per heavy atom. The van der Waals surface area contributed by atoms with E-state index in [1.165, 1.54) is 12.8 Å². The Bertz CT molecular complexity index is 631. The van der Waals surface area contributed by atoms with Crippen LogP contribution >= 0.6 is 0 Å². The molecule has 23 heavy (non-hydrogen) atoms. The molecule has 2 aliphatic carbocycles. The molecule has 1 aromatic heterocycles. The molecule has 0 radical (unpaired) electrons. The Balaban J connectivity index is 1.44. The number of rotatable bonds is 5. The van der Waals surface area contributed by atoms with Gasteiger partial charge in [0, 0.05) is 12.8 Å². The van der Waals surface area contributed by atoms with Gasteiger partial charge in [0.2, 0.25) is 11.7 Å². The highest BCUT2D eigenvalue weighted by molar-refractivity contribution is 5.92. The second-order valence-corrected chi connectivity index (χ2v) is 7.22. The van der Waals surface area contributed by atoms with Gasteiger partial charge in [-0.3, -0.25) is 9.59 Å². The standard InChI is InChI=1S/C17H23N3O3/c1-9-16(23-14(18-9)8-10-2-3-10)17(22)19-12-6-7-13(21)20-15(12)11-4-5-11/h10-12,15H,2-8H2,1H3,(H,19,22)(H,20,21)/t12-,15+/m1/s1. The Hall–Kier alpha value is -1.85. The van der Waals surface area contributed by atoms with Gasteiger partial charge in [-0.25, -0.2) is 4.98 Å². The minimum absolute atomic E-state index is 0.0101. The van der Waals surface area contributed by atoms with E-state index in [0.717, 1.165) is 19.3 Å². The van der Waals surface area contributed by atoms with Crippen molar-refractivity contribution < 1.29 is 14.0 Å². The van der Waals surface area contributed by atoms with Crippen molar-refractivity contribution in [2.24, 2.45) is 11.8 Å². The molecular weight excluding hydrogens is 294 g/mol. The third kappa shape index (κ3) is 3.26. The molecule has 2 heterocycles. The van der Waals surface area contributed by atoms with Gasteiger partial charge in [-0.1, -0.05) is 0 Å². The summed E-state index contributed by atoms with van der Waals surface area (Å²) in [5, 5.41) is 6.10. The van der Waals surface area contributed by atoms with Crippen LogP contribution in [-0.4, -0.2) is 28.9 Å². The van der Waals surface area contributed by atoms with E-state index in [2.05, 4.69) is 15.6 Å². The summed E-state index contributed by atoms with van der Waals surface area (Å²) in [7, 11) is 0. The number of nitrogens with zero attached hydrogens (tertiary/aromatic N) is 1. The summed E-state index contributed by atoms with van der Waals surface area (Å²) < 4.78 is 5.69. The fraction of sp³-hybridized carbons (Fsp3) is 0.706. The van der Waals surface area contributed by atoms with Crippen LogP contribution in [0.4, 0.5) is 0 Å². The van der Waals surface area contributed by atoms with Crippen molar-refractivity contribution in [3.8, 4) is 0 Å². The van der Waals surface area contributed by atoms with E-state index < -0.39 is 0 Å². The van der Waals surface area contributed by atoms with E-state index >= 15 is 0 Å². The summed E-state index contributed by atoms with van der Waals surface area (Å²) in [5.41, 5.74) is 0.654. The lowest BCUT2D eigenvalue weighted by molar-refractivity contribution is -0.124. The number of aryl methyl sites for hydroxylation is 1. The Morgan fingerprint density at radius 2 is 2.09 bits per heavy atom. The summed E-state index contributed by atoms with van der Waals surface area (Å²) >= 11 is 0. The van der Waals surface area contributed by atoms with E-state index in [1.54, 1.807) is 0 Å². The maximum Gasteiger partial charge on any atom is 0.289 e. The van der Waals surface area contributed by atoms with Crippen molar-refractivity contribution in [1.29, 1.82) is 0 Å². The Kier molecular flexibility index (Phi) is 3.62. The molecule has 6 nitrogen and oxygen atoms in total. The molecular formula is C17H23N3O3. The van der Waals surface area contributed by atoms with Crippen LogP contribution in [0.15, 0.2) is 4.42 Å². The molecule has 3 fully saturated rings. The monoisotopic (exact) mass is 317 g/mol. The van der Waals surface area contributed by atoms with Gasteiger partial charge < -0.3 is 15.1 Å². The Labute approximate surface area is 135 Å². The molecule has 0 unspecified atom stereocenters. The molecule has 3 aliphatic rings. The molecule has 124 valence electrons. The van der Waals surface area contributed by atoms with Gasteiger partial charge >= 0.3 is 0 Å². The van der Waals surface area contributed by atoms with E-state index in [4.69, 9.17) is 4.42 Å². The SMILES string of the molecule is Cc1nc(CC2CC2)oc1C(=O)N[C@@H]1CCC(=O)N[C@H]1C1CC1. The lowest BCUT2D eigenvalue weighted by atomic mass is 9.94. The van der Waals surface area contributed by atoms with E-state index in [1.807, 2.05) is 6.92 Å². The van der Waals surface area contributed by atoms with Gasteiger partial charge in [-0.05, 0) is 50.9 Å². The number of piperidine rings is 1. The molecule has 0 aromatic carbocycles. The quantitative estimate of drug-likeness (QED) is 0.866. The molecule has 1 aliphatic heterocycles. The fourth-order valence-electron chi connectivity index (χ4n) is 3.44. The fourth-order valence-corrected chi connectivity index (χ4v) is 3.44. The van der Waals surface area contributed by atoms with Crippen LogP contribution in [0.5, 0.6) is 0 Å². The number of nitrogens with one attached hydrogen (secondary N) is 2. The third-order valence-electron chi connectivity index (χ3n) is 5.10. The van der Waals surface area contributed by atoms with Gasteiger partial charge in [0.05, 0.1) is 17.8 Å². The maximum atomic E-state index is 12.6. The first-order valence-corrected chi connectivity index (χ1v) is 8.66. The first kappa shape index (κ1) is 14.7. The molecule has 6 heteroatoms. The summed E-state index contributed by atoms with van der Waals surface area (Å²) in [6.07, 6.45) is 6.71. The lowest BCUT2D eigenvalue weighted by Crippen LogP contribution is -2.56. The number of carbonyl (C=O) groups excluding carboxylic acids is 2. The topological polar surface area (TPSA) is 84.2 Å². The first-order chi connectivity index (χ1) is 11.1. The second kappa shape index (κ2) is 5.65. The predicted octanol–water partition coefficient (Wildman–Crippen LogP) is 1.72. The summed E-state index contributed by atoms with van der Waals surface area (Å²) in [6, 6.07) is 0.0541. The van der Waals surface area contributed by atoms with Crippen LogP contribution in [-0.2, 0) is 11.2 Å². The number of oxazole rings is 1. The van der Waals surface area contributed by atoms with Gasteiger partial charge in [-0.2, -0.15) is 0 Å². The Morgan fingerprint density at radius 3 is 2.78 bits per heavy atom. The number of amides is 2. The lowest BCUT2D eigenvalue weighted by Gasteiger charge is -2.32. The van der Waals surface area contributed by atoms with Crippen LogP contribution in [0.3, 0.4) is 0 Å². The number of aromatic nitrogens is 1. The average Bonchev–Trinajstić information content (AvgIpc) is 3.40. The highest BCUT2D eigenvalue weighted by Crippen LogP contribution is 2.36.